The number of aromatic nitrogens is 1. The smallest absolute Gasteiger partial charge is 0.357 e. The molecule has 2 aromatic rings. The first-order valence-corrected chi connectivity index (χ1v) is 7.70. The van der Waals surface area contributed by atoms with Crippen LogP contribution in [0.15, 0.2) is 22.7 Å². The fourth-order valence-electron chi connectivity index (χ4n) is 2.34. The first-order valence-electron chi connectivity index (χ1n) is 6.90. The topological polar surface area (TPSA) is 65.2 Å². The maximum Gasteiger partial charge on any atom is 0.357 e. The molecule has 0 radical (unpaired) electrons. The number of carbonyl (C=O) groups is 1. The van der Waals surface area contributed by atoms with Crippen molar-refractivity contribution in [3.05, 3.63) is 33.9 Å². The summed E-state index contributed by atoms with van der Waals surface area (Å²) in [6.07, 6.45) is -0.196. The quantitative estimate of drug-likeness (QED) is 0.839. The number of hydrogen-bond donors (Lipinski definition) is 1. The number of hydrogen-bond acceptors (Lipinski definition) is 4. The van der Waals surface area contributed by atoms with E-state index in [0.29, 0.717) is 11.5 Å². The molecule has 1 aromatic heterocycles. The molecule has 0 aliphatic heterocycles. The minimum atomic E-state index is -0.428. The van der Waals surface area contributed by atoms with E-state index >= 15 is 0 Å². The molecule has 0 saturated heterocycles. The minimum Gasteiger partial charge on any atom is -0.458 e. The number of carbonyl (C=O) groups excluding carboxylic acids is 1. The molecule has 0 amide bonds. The van der Waals surface area contributed by atoms with Crippen molar-refractivity contribution in [2.45, 2.75) is 39.7 Å². The van der Waals surface area contributed by atoms with Crippen LogP contribution in [0.5, 0.6) is 0 Å². The number of fused-ring (bicyclic) bond motifs is 1. The summed E-state index contributed by atoms with van der Waals surface area (Å²) in [7, 11) is 0. The fourth-order valence-corrected chi connectivity index (χ4v) is 2.70. The van der Waals surface area contributed by atoms with Crippen LogP contribution in [0.1, 0.15) is 49.7 Å². The summed E-state index contributed by atoms with van der Waals surface area (Å²) in [6.45, 7) is 7.68. The summed E-state index contributed by atoms with van der Waals surface area (Å²) in [5.74, 6) is 0.0458. The molecular weight excluding hydrogens is 332 g/mol. The van der Waals surface area contributed by atoms with Crippen LogP contribution in [0, 0.1) is 0 Å². The van der Waals surface area contributed by atoms with Crippen LogP contribution in [0.4, 0.5) is 5.82 Å². The summed E-state index contributed by atoms with van der Waals surface area (Å²) in [5.41, 5.74) is 7.18. The van der Waals surface area contributed by atoms with Gasteiger partial charge in [-0.1, -0.05) is 29.8 Å². The van der Waals surface area contributed by atoms with Gasteiger partial charge in [0, 0.05) is 9.86 Å². The second-order valence-corrected chi connectivity index (χ2v) is 6.47. The molecule has 5 heteroatoms. The normalized spacial score (nSPS) is 11.4. The standard InChI is InChI=1S/C16H19BrN2O2/c1-8(2)13-12-7-10(17)5-6-11(12)15(18)19-14(13)16(20)21-9(3)4/h5-9H,1-4H3,(H2,18,19). The van der Waals surface area contributed by atoms with Crippen molar-refractivity contribution in [1.29, 1.82) is 0 Å². The monoisotopic (exact) mass is 350 g/mol. The molecule has 0 aliphatic carbocycles. The third kappa shape index (κ3) is 3.18. The molecule has 0 fully saturated rings. The Morgan fingerprint density at radius 2 is 1.90 bits per heavy atom. The molecule has 0 atom stereocenters. The lowest BCUT2D eigenvalue weighted by atomic mass is 9.94. The van der Waals surface area contributed by atoms with Crippen LogP contribution < -0.4 is 5.73 Å². The predicted molar refractivity (Wildman–Crippen MR) is 88.5 cm³/mol. The van der Waals surface area contributed by atoms with Crippen LogP contribution in [-0.2, 0) is 4.74 Å². The maximum absolute atomic E-state index is 12.3. The molecule has 0 bridgehead atoms. The Labute approximate surface area is 132 Å². The zero-order valence-electron chi connectivity index (χ0n) is 12.6. The van der Waals surface area contributed by atoms with Crippen LogP contribution in [0.25, 0.3) is 10.8 Å². The first kappa shape index (κ1) is 15.8. The van der Waals surface area contributed by atoms with Crippen molar-refractivity contribution in [2.24, 2.45) is 0 Å². The minimum absolute atomic E-state index is 0.129. The highest BCUT2D eigenvalue weighted by atomic mass is 79.9. The molecule has 21 heavy (non-hydrogen) atoms. The Morgan fingerprint density at radius 1 is 1.24 bits per heavy atom. The Kier molecular flexibility index (Phi) is 4.52. The molecule has 0 aliphatic rings. The number of benzene rings is 1. The van der Waals surface area contributed by atoms with E-state index in [4.69, 9.17) is 10.5 Å². The largest absolute Gasteiger partial charge is 0.458 e. The zero-order valence-corrected chi connectivity index (χ0v) is 14.2. The van der Waals surface area contributed by atoms with Gasteiger partial charge in [0.1, 0.15) is 5.82 Å². The maximum atomic E-state index is 12.3. The number of anilines is 1. The number of ether oxygens (including phenoxy) is 1. The molecule has 1 heterocycles. The van der Waals surface area contributed by atoms with Crippen molar-refractivity contribution >= 4 is 38.5 Å². The third-order valence-electron chi connectivity index (χ3n) is 3.15. The van der Waals surface area contributed by atoms with Gasteiger partial charge in [-0.15, -0.1) is 0 Å². The van der Waals surface area contributed by atoms with E-state index in [-0.39, 0.29) is 12.0 Å². The van der Waals surface area contributed by atoms with Crippen molar-refractivity contribution in [2.75, 3.05) is 5.73 Å². The Bertz CT molecular complexity index is 696. The van der Waals surface area contributed by atoms with Crippen molar-refractivity contribution in [3.63, 3.8) is 0 Å². The molecule has 0 saturated carbocycles. The van der Waals surface area contributed by atoms with Gasteiger partial charge in [-0.25, -0.2) is 9.78 Å². The van der Waals surface area contributed by atoms with Crippen LogP contribution in [0.2, 0.25) is 0 Å². The highest BCUT2D eigenvalue weighted by molar-refractivity contribution is 9.10. The second kappa shape index (κ2) is 6.02. The number of nitrogens with zero attached hydrogens (tertiary/aromatic N) is 1. The molecule has 2 rings (SSSR count). The number of nitrogens with two attached hydrogens (primary N) is 1. The number of pyridine rings is 1. The average Bonchev–Trinajstić information content (AvgIpc) is 2.36. The van der Waals surface area contributed by atoms with Gasteiger partial charge in [-0.3, -0.25) is 0 Å². The number of nitrogen functional groups attached to an aromatic ring is 1. The Balaban J connectivity index is 2.76. The highest BCUT2D eigenvalue weighted by Crippen LogP contribution is 2.33. The van der Waals surface area contributed by atoms with Crippen LogP contribution >= 0.6 is 15.9 Å². The highest BCUT2D eigenvalue weighted by Gasteiger charge is 2.22. The molecular formula is C16H19BrN2O2. The number of esters is 1. The van der Waals surface area contributed by atoms with E-state index in [0.717, 1.165) is 20.8 Å². The van der Waals surface area contributed by atoms with E-state index < -0.39 is 5.97 Å². The Hall–Kier alpha value is -1.62. The van der Waals surface area contributed by atoms with Crippen molar-refractivity contribution < 1.29 is 9.53 Å². The van der Waals surface area contributed by atoms with E-state index in [9.17, 15) is 4.79 Å². The summed E-state index contributed by atoms with van der Waals surface area (Å²) in [5, 5.41) is 1.78. The van der Waals surface area contributed by atoms with Gasteiger partial charge in [0.2, 0.25) is 0 Å². The molecule has 112 valence electrons. The van der Waals surface area contributed by atoms with Crippen LogP contribution in [0.3, 0.4) is 0 Å². The number of halogens is 1. The SMILES string of the molecule is CC(C)OC(=O)c1nc(N)c2ccc(Br)cc2c1C(C)C. The van der Waals surface area contributed by atoms with Gasteiger partial charge in [0.05, 0.1) is 6.10 Å². The molecule has 1 aromatic carbocycles. The molecule has 0 unspecified atom stereocenters. The molecule has 0 spiro atoms. The van der Waals surface area contributed by atoms with Gasteiger partial charge in [-0.05, 0) is 48.9 Å². The van der Waals surface area contributed by atoms with Gasteiger partial charge in [0.25, 0.3) is 0 Å². The van der Waals surface area contributed by atoms with E-state index in [2.05, 4.69) is 20.9 Å². The van der Waals surface area contributed by atoms with Gasteiger partial charge in [0.15, 0.2) is 5.69 Å². The van der Waals surface area contributed by atoms with E-state index in [1.165, 1.54) is 0 Å². The lowest BCUT2D eigenvalue weighted by Crippen LogP contribution is -2.17. The number of rotatable bonds is 3. The van der Waals surface area contributed by atoms with Gasteiger partial charge in [-0.2, -0.15) is 0 Å². The van der Waals surface area contributed by atoms with Gasteiger partial charge < -0.3 is 10.5 Å². The summed E-state index contributed by atoms with van der Waals surface area (Å²) in [6, 6.07) is 5.79. The lowest BCUT2D eigenvalue weighted by Gasteiger charge is -2.17. The Morgan fingerprint density at radius 3 is 2.48 bits per heavy atom. The van der Waals surface area contributed by atoms with Crippen LogP contribution in [-0.4, -0.2) is 17.1 Å². The van der Waals surface area contributed by atoms with Crippen molar-refractivity contribution in [1.82, 2.24) is 4.98 Å². The summed E-state index contributed by atoms with van der Waals surface area (Å²) < 4.78 is 6.23. The third-order valence-corrected chi connectivity index (χ3v) is 3.64. The van der Waals surface area contributed by atoms with E-state index in [1.54, 1.807) is 0 Å². The fraction of sp³-hybridized carbons (Fsp3) is 0.375. The second-order valence-electron chi connectivity index (χ2n) is 5.56. The summed E-state index contributed by atoms with van der Waals surface area (Å²) in [4.78, 5) is 16.6. The predicted octanol–water partition coefficient (Wildman–Crippen LogP) is 4.27. The lowest BCUT2D eigenvalue weighted by molar-refractivity contribution is 0.0369. The van der Waals surface area contributed by atoms with Gasteiger partial charge >= 0.3 is 5.97 Å². The average molecular weight is 351 g/mol. The molecule has 4 nitrogen and oxygen atoms in total. The zero-order chi connectivity index (χ0) is 15.7. The first-order chi connectivity index (χ1) is 9.81. The summed E-state index contributed by atoms with van der Waals surface area (Å²) >= 11 is 3.46. The molecule has 2 N–H and O–H groups in total. The van der Waals surface area contributed by atoms with Crippen molar-refractivity contribution in [3.8, 4) is 0 Å². The van der Waals surface area contributed by atoms with E-state index in [1.807, 2.05) is 45.9 Å².